The molecular formula is C10H14O5S. The van der Waals surface area contributed by atoms with Gasteiger partial charge in [-0.25, -0.2) is 4.79 Å². The van der Waals surface area contributed by atoms with Gasteiger partial charge < -0.3 is 19.4 Å². The summed E-state index contributed by atoms with van der Waals surface area (Å²) in [5.74, 6) is -0.0468. The molecule has 1 aromatic rings. The Labute approximate surface area is 98.4 Å². The van der Waals surface area contributed by atoms with E-state index in [0.717, 1.165) is 0 Å². The molecule has 0 aliphatic carbocycles. The van der Waals surface area contributed by atoms with Crippen molar-refractivity contribution in [2.75, 3.05) is 12.9 Å². The van der Waals surface area contributed by atoms with Crippen LogP contribution in [-0.2, 0) is 4.74 Å². The van der Waals surface area contributed by atoms with Crippen LogP contribution in [-0.4, -0.2) is 35.1 Å². The van der Waals surface area contributed by atoms with Crippen molar-refractivity contribution in [3.63, 3.8) is 0 Å². The summed E-state index contributed by atoms with van der Waals surface area (Å²) in [6.07, 6.45) is -1.79. The lowest BCUT2D eigenvalue weighted by atomic mass is 10.1. The van der Waals surface area contributed by atoms with Crippen LogP contribution in [0.25, 0.3) is 0 Å². The third kappa shape index (κ3) is 3.01. The van der Waals surface area contributed by atoms with Crippen molar-refractivity contribution in [2.24, 2.45) is 0 Å². The number of aliphatic hydroxyl groups is 2. The van der Waals surface area contributed by atoms with Crippen LogP contribution in [0.4, 0.5) is 0 Å². The van der Waals surface area contributed by atoms with Crippen LogP contribution in [0.5, 0.6) is 0 Å². The van der Waals surface area contributed by atoms with E-state index in [1.54, 1.807) is 0 Å². The molecule has 0 aromatic carbocycles. The summed E-state index contributed by atoms with van der Waals surface area (Å²) in [7, 11) is 1.23. The number of hydrogen-bond acceptors (Lipinski definition) is 6. The molecule has 6 heteroatoms. The first-order chi connectivity index (χ1) is 7.60. The van der Waals surface area contributed by atoms with Gasteiger partial charge in [-0.05, 0) is 24.3 Å². The van der Waals surface area contributed by atoms with E-state index in [-0.39, 0.29) is 11.5 Å². The van der Waals surface area contributed by atoms with E-state index in [1.165, 1.54) is 19.2 Å². The molecule has 0 radical (unpaired) electrons. The Bertz CT molecular complexity index is 349. The van der Waals surface area contributed by atoms with Crippen LogP contribution in [0.2, 0.25) is 0 Å². The molecule has 0 saturated heterocycles. The van der Waals surface area contributed by atoms with Gasteiger partial charge in [0.1, 0.15) is 11.9 Å². The van der Waals surface area contributed by atoms with Crippen LogP contribution >= 0.6 is 12.6 Å². The van der Waals surface area contributed by atoms with Crippen LogP contribution < -0.4 is 0 Å². The Morgan fingerprint density at radius 2 is 2.25 bits per heavy atom. The number of aliphatic hydroxyl groups excluding tert-OH is 2. The fourth-order valence-corrected chi connectivity index (χ4v) is 1.47. The van der Waals surface area contributed by atoms with Crippen molar-refractivity contribution in [1.82, 2.24) is 0 Å². The zero-order valence-electron chi connectivity index (χ0n) is 8.79. The number of rotatable bonds is 5. The quantitative estimate of drug-likeness (QED) is 0.528. The lowest BCUT2D eigenvalue weighted by Crippen LogP contribution is -2.18. The monoisotopic (exact) mass is 246 g/mol. The SMILES string of the molecule is COC(=O)c1ccc(C(O)C(O)CCS)o1. The summed E-state index contributed by atoms with van der Waals surface area (Å²) in [6.45, 7) is 0. The minimum absolute atomic E-state index is 0.00498. The fourth-order valence-electron chi connectivity index (χ4n) is 1.20. The van der Waals surface area contributed by atoms with Gasteiger partial charge in [-0.15, -0.1) is 0 Å². The summed E-state index contributed by atoms with van der Waals surface area (Å²) in [6, 6.07) is 2.82. The average Bonchev–Trinajstić information content (AvgIpc) is 2.76. The van der Waals surface area contributed by atoms with Gasteiger partial charge in [0.25, 0.3) is 0 Å². The van der Waals surface area contributed by atoms with E-state index in [4.69, 9.17) is 4.42 Å². The molecule has 90 valence electrons. The van der Waals surface area contributed by atoms with E-state index < -0.39 is 18.2 Å². The molecule has 2 unspecified atom stereocenters. The summed E-state index contributed by atoms with van der Waals surface area (Å²) in [4.78, 5) is 11.1. The van der Waals surface area contributed by atoms with E-state index in [1.807, 2.05) is 0 Å². The number of methoxy groups -OCH3 is 1. The van der Waals surface area contributed by atoms with Gasteiger partial charge in [-0.3, -0.25) is 0 Å². The minimum atomic E-state index is -1.16. The minimum Gasteiger partial charge on any atom is -0.463 e. The molecule has 1 rings (SSSR count). The third-order valence-electron chi connectivity index (χ3n) is 2.09. The normalized spacial score (nSPS) is 14.5. The summed E-state index contributed by atoms with van der Waals surface area (Å²) in [5, 5.41) is 19.2. The Hall–Kier alpha value is -0.980. The molecule has 2 N–H and O–H groups in total. The number of furan rings is 1. The van der Waals surface area contributed by atoms with Gasteiger partial charge >= 0.3 is 5.97 Å². The molecule has 0 amide bonds. The largest absolute Gasteiger partial charge is 0.463 e. The number of esters is 1. The molecule has 16 heavy (non-hydrogen) atoms. The molecule has 5 nitrogen and oxygen atoms in total. The number of carbonyl (C=O) groups is 1. The number of ether oxygens (including phenoxy) is 1. The van der Waals surface area contributed by atoms with Gasteiger partial charge in [0, 0.05) is 0 Å². The second kappa shape index (κ2) is 5.93. The van der Waals surface area contributed by atoms with Gasteiger partial charge in [-0.1, -0.05) is 0 Å². The zero-order valence-corrected chi connectivity index (χ0v) is 9.68. The highest BCUT2D eigenvalue weighted by Gasteiger charge is 2.22. The Kier molecular flexibility index (Phi) is 4.85. The Balaban J connectivity index is 2.73. The molecule has 0 fully saturated rings. The first-order valence-electron chi connectivity index (χ1n) is 4.75. The highest BCUT2D eigenvalue weighted by atomic mass is 32.1. The van der Waals surface area contributed by atoms with E-state index >= 15 is 0 Å². The maximum atomic E-state index is 11.1. The molecule has 2 atom stereocenters. The van der Waals surface area contributed by atoms with Gasteiger partial charge in [0.05, 0.1) is 13.2 Å². The molecular weight excluding hydrogens is 232 g/mol. The Morgan fingerprint density at radius 3 is 2.81 bits per heavy atom. The highest BCUT2D eigenvalue weighted by Crippen LogP contribution is 2.22. The van der Waals surface area contributed by atoms with Crippen molar-refractivity contribution in [2.45, 2.75) is 18.6 Å². The zero-order chi connectivity index (χ0) is 12.1. The molecule has 0 aliphatic heterocycles. The van der Waals surface area contributed by atoms with Crippen molar-refractivity contribution in [1.29, 1.82) is 0 Å². The average molecular weight is 246 g/mol. The van der Waals surface area contributed by atoms with Crippen LogP contribution in [0.15, 0.2) is 16.5 Å². The smallest absolute Gasteiger partial charge is 0.373 e. The molecule has 0 aliphatic rings. The summed E-state index contributed by atoms with van der Waals surface area (Å²) in [5.41, 5.74) is 0. The fraction of sp³-hybridized carbons (Fsp3) is 0.500. The molecule has 0 saturated carbocycles. The van der Waals surface area contributed by atoms with Gasteiger partial charge in [-0.2, -0.15) is 12.6 Å². The predicted octanol–water partition coefficient (Wildman–Crippen LogP) is 0.780. The van der Waals surface area contributed by atoms with Crippen molar-refractivity contribution < 1.29 is 24.2 Å². The number of thiol groups is 1. The second-order valence-electron chi connectivity index (χ2n) is 3.22. The molecule has 0 spiro atoms. The first kappa shape index (κ1) is 13.1. The van der Waals surface area contributed by atoms with E-state index in [0.29, 0.717) is 12.2 Å². The van der Waals surface area contributed by atoms with Gasteiger partial charge in [0.2, 0.25) is 5.76 Å². The van der Waals surface area contributed by atoms with E-state index in [2.05, 4.69) is 17.4 Å². The topological polar surface area (TPSA) is 79.9 Å². The maximum absolute atomic E-state index is 11.1. The van der Waals surface area contributed by atoms with Crippen LogP contribution in [0.1, 0.15) is 28.8 Å². The lowest BCUT2D eigenvalue weighted by Gasteiger charge is -2.14. The van der Waals surface area contributed by atoms with Gasteiger partial charge in [0.15, 0.2) is 0 Å². The van der Waals surface area contributed by atoms with Crippen LogP contribution in [0.3, 0.4) is 0 Å². The summed E-state index contributed by atoms with van der Waals surface area (Å²) < 4.78 is 9.50. The third-order valence-corrected chi connectivity index (χ3v) is 2.35. The van der Waals surface area contributed by atoms with Crippen molar-refractivity contribution >= 4 is 18.6 Å². The van der Waals surface area contributed by atoms with Crippen molar-refractivity contribution in [3.05, 3.63) is 23.7 Å². The predicted molar refractivity (Wildman–Crippen MR) is 59.5 cm³/mol. The van der Waals surface area contributed by atoms with E-state index in [9.17, 15) is 15.0 Å². The molecule has 0 bridgehead atoms. The Morgan fingerprint density at radius 1 is 1.56 bits per heavy atom. The molecule has 1 heterocycles. The second-order valence-corrected chi connectivity index (χ2v) is 3.67. The number of hydrogen-bond donors (Lipinski definition) is 3. The number of carbonyl (C=O) groups excluding carboxylic acids is 1. The standard InChI is InChI=1S/C10H14O5S/c1-14-10(13)8-3-2-7(15-8)9(12)6(11)4-5-16/h2-3,6,9,11-12,16H,4-5H2,1H3. The first-order valence-corrected chi connectivity index (χ1v) is 5.38. The molecule has 1 aromatic heterocycles. The summed E-state index contributed by atoms with van der Waals surface area (Å²) >= 11 is 3.94. The highest BCUT2D eigenvalue weighted by molar-refractivity contribution is 7.80. The van der Waals surface area contributed by atoms with Crippen LogP contribution in [0, 0.1) is 0 Å². The maximum Gasteiger partial charge on any atom is 0.373 e. The van der Waals surface area contributed by atoms with Crippen molar-refractivity contribution in [3.8, 4) is 0 Å². The lowest BCUT2D eigenvalue weighted by molar-refractivity contribution is 0.00330.